The summed E-state index contributed by atoms with van der Waals surface area (Å²) in [4.78, 5) is 32.9. The van der Waals surface area contributed by atoms with Gasteiger partial charge >= 0.3 is 0 Å². The van der Waals surface area contributed by atoms with Crippen molar-refractivity contribution in [3.05, 3.63) is 63.9 Å². The number of nitrogens with zero attached hydrogens (tertiary/aromatic N) is 4. The van der Waals surface area contributed by atoms with Crippen LogP contribution >= 0.6 is 11.6 Å². The molecule has 0 unspecified atom stereocenters. The zero-order valence-electron chi connectivity index (χ0n) is 15.6. The van der Waals surface area contributed by atoms with Crippen molar-refractivity contribution in [2.24, 2.45) is 0 Å². The number of benzene rings is 1. The number of hydrogen-bond donors (Lipinski definition) is 2. The minimum absolute atomic E-state index is 0.251. The first-order valence-corrected chi connectivity index (χ1v) is 9.70. The molecule has 1 saturated carbocycles. The van der Waals surface area contributed by atoms with Crippen molar-refractivity contribution in [1.82, 2.24) is 24.9 Å². The highest BCUT2D eigenvalue weighted by atomic mass is 35.5. The molecule has 144 valence electrons. The summed E-state index contributed by atoms with van der Waals surface area (Å²) < 4.78 is 0. The predicted octanol–water partition coefficient (Wildman–Crippen LogP) is 3.98. The molecule has 0 aliphatic heterocycles. The van der Waals surface area contributed by atoms with Gasteiger partial charge in [0.1, 0.15) is 5.65 Å². The standard InChI is InChI=1S/C21H17ClN6O/c1-11-8-23-10-18(25-11)12-2-5-15(17(22)7-12)16-6-13-9-24-21(26-14-3-4-14)28-19(13)27-20(16)29/h2,5-10,14H,3-4H2,1H3,(H2,24,26,27,28,29). The summed E-state index contributed by atoms with van der Waals surface area (Å²) in [6, 6.07) is 7.70. The van der Waals surface area contributed by atoms with Crippen molar-refractivity contribution in [3.63, 3.8) is 0 Å². The summed E-state index contributed by atoms with van der Waals surface area (Å²) in [5, 5.41) is 4.44. The van der Waals surface area contributed by atoms with E-state index in [9.17, 15) is 4.79 Å². The van der Waals surface area contributed by atoms with Crippen molar-refractivity contribution >= 4 is 28.6 Å². The van der Waals surface area contributed by atoms with E-state index in [1.165, 1.54) is 0 Å². The van der Waals surface area contributed by atoms with Gasteiger partial charge in [0.15, 0.2) is 0 Å². The number of rotatable bonds is 4. The van der Waals surface area contributed by atoms with E-state index in [0.717, 1.165) is 35.2 Å². The molecule has 0 spiro atoms. The summed E-state index contributed by atoms with van der Waals surface area (Å²) in [7, 11) is 0. The van der Waals surface area contributed by atoms with Crippen LogP contribution < -0.4 is 10.9 Å². The quantitative estimate of drug-likeness (QED) is 0.534. The topological polar surface area (TPSA) is 96.5 Å². The van der Waals surface area contributed by atoms with Crippen LogP contribution in [0.1, 0.15) is 18.5 Å². The zero-order chi connectivity index (χ0) is 20.0. The minimum atomic E-state index is -0.251. The summed E-state index contributed by atoms with van der Waals surface area (Å²) >= 11 is 6.52. The molecule has 1 aliphatic carbocycles. The summed E-state index contributed by atoms with van der Waals surface area (Å²) in [5.41, 5.74) is 3.75. The fourth-order valence-electron chi connectivity index (χ4n) is 3.17. The first-order valence-electron chi connectivity index (χ1n) is 9.32. The second-order valence-corrected chi connectivity index (χ2v) is 7.58. The molecular weight excluding hydrogens is 388 g/mol. The number of nitrogens with one attached hydrogen (secondary N) is 2. The van der Waals surface area contributed by atoms with Gasteiger partial charge in [-0.2, -0.15) is 4.98 Å². The third kappa shape index (κ3) is 3.56. The number of hydrogen-bond acceptors (Lipinski definition) is 6. The molecule has 8 heteroatoms. The normalized spacial score (nSPS) is 13.6. The van der Waals surface area contributed by atoms with Crippen LogP contribution in [-0.2, 0) is 0 Å². The third-order valence-electron chi connectivity index (χ3n) is 4.81. The highest BCUT2D eigenvalue weighted by Gasteiger charge is 2.22. The van der Waals surface area contributed by atoms with Crippen LogP contribution in [0.4, 0.5) is 5.95 Å². The van der Waals surface area contributed by atoms with Gasteiger partial charge in [0, 0.05) is 45.5 Å². The fraction of sp³-hybridized carbons (Fsp3) is 0.190. The molecule has 0 saturated heterocycles. The highest BCUT2D eigenvalue weighted by molar-refractivity contribution is 6.33. The molecule has 3 heterocycles. The second kappa shape index (κ2) is 6.93. The summed E-state index contributed by atoms with van der Waals surface area (Å²) in [5.74, 6) is 0.532. The Balaban J connectivity index is 1.54. The van der Waals surface area contributed by atoms with Crippen LogP contribution in [0.2, 0.25) is 5.02 Å². The van der Waals surface area contributed by atoms with Crippen LogP contribution in [0.15, 0.2) is 47.7 Å². The minimum Gasteiger partial charge on any atom is -0.351 e. The van der Waals surface area contributed by atoms with Gasteiger partial charge in [0.25, 0.3) is 5.56 Å². The lowest BCUT2D eigenvalue weighted by Gasteiger charge is -2.09. The number of anilines is 1. The fourth-order valence-corrected chi connectivity index (χ4v) is 3.45. The molecule has 5 rings (SSSR count). The van der Waals surface area contributed by atoms with E-state index in [0.29, 0.717) is 33.8 Å². The van der Waals surface area contributed by atoms with Gasteiger partial charge in [0.05, 0.1) is 17.6 Å². The van der Waals surface area contributed by atoms with Gasteiger partial charge in [-0.15, -0.1) is 0 Å². The smallest absolute Gasteiger partial charge is 0.257 e. The first kappa shape index (κ1) is 17.8. The molecule has 2 N–H and O–H groups in total. The molecule has 0 bridgehead atoms. The van der Waals surface area contributed by atoms with Gasteiger partial charge in [-0.3, -0.25) is 9.78 Å². The maximum atomic E-state index is 12.7. The second-order valence-electron chi connectivity index (χ2n) is 7.17. The molecule has 1 aromatic carbocycles. The number of aryl methyl sites for hydroxylation is 1. The average Bonchev–Trinajstić information content (AvgIpc) is 3.52. The lowest BCUT2D eigenvalue weighted by Crippen LogP contribution is -2.11. The number of fused-ring (bicyclic) bond motifs is 1. The molecule has 29 heavy (non-hydrogen) atoms. The van der Waals surface area contributed by atoms with Crippen LogP contribution in [0.3, 0.4) is 0 Å². The Labute approximate surface area is 171 Å². The van der Waals surface area contributed by atoms with Gasteiger partial charge in [-0.05, 0) is 31.9 Å². The Morgan fingerprint density at radius 2 is 1.97 bits per heavy atom. The van der Waals surface area contributed by atoms with Gasteiger partial charge in [0.2, 0.25) is 5.95 Å². The lowest BCUT2D eigenvalue weighted by atomic mass is 10.0. The summed E-state index contributed by atoms with van der Waals surface area (Å²) in [6.07, 6.45) is 7.34. The molecule has 0 amide bonds. The molecule has 0 atom stereocenters. The average molecular weight is 405 g/mol. The molecule has 1 aliphatic rings. The largest absolute Gasteiger partial charge is 0.351 e. The van der Waals surface area contributed by atoms with E-state index >= 15 is 0 Å². The summed E-state index contributed by atoms with van der Waals surface area (Å²) in [6.45, 7) is 1.88. The van der Waals surface area contributed by atoms with Gasteiger partial charge in [-0.1, -0.05) is 23.7 Å². The van der Waals surface area contributed by atoms with Crippen LogP contribution in [0, 0.1) is 6.92 Å². The van der Waals surface area contributed by atoms with Gasteiger partial charge < -0.3 is 10.3 Å². The van der Waals surface area contributed by atoms with Crippen molar-refractivity contribution < 1.29 is 0 Å². The van der Waals surface area contributed by atoms with E-state index in [-0.39, 0.29) is 5.56 Å². The predicted molar refractivity (Wildman–Crippen MR) is 113 cm³/mol. The number of H-pyrrole nitrogens is 1. The zero-order valence-corrected chi connectivity index (χ0v) is 16.4. The van der Waals surface area contributed by atoms with E-state index in [4.69, 9.17) is 11.6 Å². The third-order valence-corrected chi connectivity index (χ3v) is 5.13. The Hall–Kier alpha value is -3.32. The van der Waals surface area contributed by atoms with Crippen molar-refractivity contribution in [2.75, 3.05) is 5.32 Å². The number of aromatic amines is 1. The monoisotopic (exact) mass is 404 g/mol. The van der Waals surface area contributed by atoms with E-state index in [2.05, 4.69) is 30.2 Å². The SMILES string of the molecule is Cc1cncc(-c2ccc(-c3cc4cnc(NC5CC5)nc4[nH]c3=O)c(Cl)c2)n1. The Bertz CT molecular complexity index is 1300. The molecule has 1 fully saturated rings. The number of halogens is 1. The van der Waals surface area contributed by atoms with Crippen LogP contribution in [0.5, 0.6) is 0 Å². The number of pyridine rings is 1. The van der Waals surface area contributed by atoms with Crippen molar-refractivity contribution in [3.8, 4) is 22.4 Å². The van der Waals surface area contributed by atoms with Crippen LogP contribution in [0.25, 0.3) is 33.4 Å². The molecule has 4 aromatic rings. The van der Waals surface area contributed by atoms with E-state index in [1.807, 2.05) is 19.1 Å². The highest BCUT2D eigenvalue weighted by Crippen LogP contribution is 2.31. The van der Waals surface area contributed by atoms with Crippen LogP contribution in [-0.4, -0.2) is 31.0 Å². The molecule has 7 nitrogen and oxygen atoms in total. The lowest BCUT2D eigenvalue weighted by molar-refractivity contribution is 1.06. The Morgan fingerprint density at radius 1 is 1.10 bits per heavy atom. The van der Waals surface area contributed by atoms with Gasteiger partial charge in [-0.25, -0.2) is 9.97 Å². The molecule has 0 radical (unpaired) electrons. The van der Waals surface area contributed by atoms with Crippen molar-refractivity contribution in [1.29, 1.82) is 0 Å². The maximum absolute atomic E-state index is 12.7. The Morgan fingerprint density at radius 3 is 2.72 bits per heavy atom. The van der Waals surface area contributed by atoms with Crippen molar-refractivity contribution in [2.45, 2.75) is 25.8 Å². The molecule has 3 aromatic heterocycles. The van der Waals surface area contributed by atoms with E-state index in [1.54, 1.807) is 30.7 Å². The van der Waals surface area contributed by atoms with E-state index < -0.39 is 0 Å². The Kier molecular flexibility index (Phi) is 4.24. The maximum Gasteiger partial charge on any atom is 0.257 e. The number of aromatic nitrogens is 5. The first-order chi connectivity index (χ1) is 14.1. The molecular formula is C21H17ClN6O.